The molecule has 2 rings (SSSR count). The zero-order chi connectivity index (χ0) is 11.1. The van der Waals surface area contributed by atoms with E-state index in [1.807, 2.05) is 0 Å². The summed E-state index contributed by atoms with van der Waals surface area (Å²) in [6, 6.07) is 1.17. The molecule has 6 heteroatoms. The van der Waals surface area contributed by atoms with E-state index in [0.29, 0.717) is 0 Å². The van der Waals surface area contributed by atoms with Gasteiger partial charge in [-0.3, -0.25) is 0 Å². The standard InChI is InChI=1S/C9H10F3N3/c10-7-1-2-14-8(6(7)3-13)15-4-9(11,12)5-15/h1-2H,3-5,13H2. The number of alkyl halides is 2. The highest BCUT2D eigenvalue weighted by Crippen LogP contribution is 2.32. The Bertz CT molecular complexity index is 373. The van der Waals surface area contributed by atoms with Crippen LogP contribution in [0.25, 0.3) is 0 Å². The Labute approximate surface area is 84.7 Å². The summed E-state index contributed by atoms with van der Waals surface area (Å²) in [6.45, 7) is -0.885. The molecule has 1 aromatic heterocycles. The molecule has 1 aromatic rings. The third-order valence-corrected chi connectivity index (χ3v) is 2.32. The van der Waals surface area contributed by atoms with Gasteiger partial charge in [0.2, 0.25) is 0 Å². The van der Waals surface area contributed by atoms with Gasteiger partial charge in [0.05, 0.1) is 13.1 Å². The minimum absolute atomic E-state index is 0.0446. The van der Waals surface area contributed by atoms with Gasteiger partial charge in [-0.15, -0.1) is 0 Å². The third kappa shape index (κ3) is 1.77. The molecule has 82 valence electrons. The second-order valence-electron chi connectivity index (χ2n) is 3.51. The van der Waals surface area contributed by atoms with Gasteiger partial charge < -0.3 is 10.6 Å². The van der Waals surface area contributed by atoms with E-state index in [1.54, 1.807) is 0 Å². The van der Waals surface area contributed by atoms with Gasteiger partial charge in [-0.05, 0) is 6.07 Å². The molecule has 3 nitrogen and oxygen atoms in total. The molecule has 0 saturated carbocycles. The Morgan fingerprint density at radius 2 is 2.13 bits per heavy atom. The van der Waals surface area contributed by atoms with Crippen LogP contribution in [0.1, 0.15) is 5.56 Å². The zero-order valence-corrected chi connectivity index (χ0v) is 7.88. The molecule has 2 N–H and O–H groups in total. The summed E-state index contributed by atoms with van der Waals surface area (Å²) < 4.78 is 38.5. The number of nitrogens with zero attached hydrogens (tertiary/aromatic N) is 2. The first-order valence-electron chi connectivity index (χ1n) is 4.50. The molecule has 0 aromatic carbocycles. The van der Waals surface area contributed by atoms with Crippen LogP contribution in [-0.2, 0) is 6.54 Å². The van der Waals surface area contributed by atoms with Crippen LogP contribution in [-0.4, -0.2) is 24.0 Å². The average molecular weight is 217 g/mol. The van der Waals surface area contributed by atoms with Crippen molar-refractivity contribution in [3.63, 3.8) is 0 Å². The predicted octanol–water partition coefficient (Wildman–Crippen LogP) is 1.13. The smallest absolute Gasteiger partial charge is 0.282 e. The maximum absolute atomic E-state index is 13.2. The molecule has 0 radical (unpaired) electrons. The van der Waals surface area contributed by atoms with Crippen LogP contribution in [0.4, 0.5) is 19.0 Å². The summed E-state index contributed by atoms with van der Waals surface area (Å²) in [5.74, 6) is -2.97. The van der Waals surface area contributed by atoms with E-state index in [0.717, 1.165) is 0 Å². The van der Waals surface area contributed by atoms with Crippen molar-refractivity contribution < 1.29 is 13.2 Å². The largest absolute Gasteiger partial charge is 0.344 e. The normalized spacial score (nSPS) is 18.8. The van der Waals surface area contributed by atoms with Crippen LogP contribution in [0, 0.1) is 5.82 Å². The fourth-order valence-electron chi connectivity index (χ4n) is 1.58. The molecular weight excluding hydrogens is 207 g/mol. The highest BCUT2D eigenvalue weighted by molar-refractivity contribution is 5.50. The fraction of sp³-hybridized carbons (Fsp3) is 0.444. The Morgan fingerprint density at radius 3 is 2.67 bits per heavy atom. The number of hydrogen-bond donors (Lipinski definition) is 1. The second-order valence-corrected chi connectivity index (χ2v) is 3.51. The van der Waals surface area contributed by atoms with E-state index in [1.165, 1.54) is 17.2 Å². The molecule has 15 heavy (non-hydrogen) atoms. The van der Waals surface area contributed by atoms with Gasteiger partial charge in [-0.2, -0.15) is 0 Å². The summed E-state index contributed by atoms with van der Waals surface area (Å²) in [6.07, 6.45) is 1.25. The van der Waals surface area contributed by atoms with Crippen molar-refractivity contribution in [1.82, 2.24) is 4.98 Å². The van der Waals surface area contributed by atoms with E-state index < -0.39 is 24.8 Å². The number of rotatable bonds is 2. The first-order valence-corrected chi connectivity index (χ1v) is 4.50. The topological polar surface area (TPSA) is 42.1 Å². The lowest BCUT2D eigenvalue weighted by Crippen LogP contribution is -2.57. The summed E-state index contributed by atoms with van der Waals surface area (Å²) in [4.78, 5) is 5.20. The van der Waals surface area contributed by atoms with Gasteiger partial charge in [-0.1, -0.05) is 0 Å². The highest BCUT2D eigenvalue weighted by atomic mass is 19.3. The van der Waals surface area contributed by atoms with E-state index in [2.05, 4.69) is 4.98 Å². The molecule has 0 aliphatic carbocycles. The maximum atomic E-state index is 13.2. The molecule has 1 fully saturated rings. The third-order valence-electron chi connectivity index (χ3n) is 2.32. The number of hydrogen-bond acceptors (Lipinski definition) is 3. The average Bonchev–Trinajstić information content (AvgIpc) is 2.13. The second kappa shape index (κ2) is 3.37. The van der Waals surface area contributed by atoms with Crippen molar-refractivity contribution in [2.75, 3.05) is 18.0 Å². The van der Waals surface area contributed by atoms with Crippen molar-refractivity contribution in [3.8, 4) is 0 Å². The minimum atomic E-state index is -2.69. The van der Waals surface area contributed by atoms with Gasteiger partial charge in [0.1, 0.15) is 11.6 Å². The van der Waals surface area contributed by atoms with Gasteiger partial charge in [0.25, 0.3) is 5.92 Å². The van der Waals surface area contributed by atoms with Crippen molar-refractivity contribution >= 4 is 5.82 Å². The number of aromatic nitrogens is 1. The molecule has 1 aliphatic rings. The molecule has 0 atom stereocenters. The Balaban J connectivity index is 2.26. The van der Waals surface area contributed by atoms with Crippen molar-refractivity contribution in [3.05, 3.63) is 23.6 Å². The molecule has 0 unspecified atom stereocenters. The van der Waals surface area contributed by atoms with Crippen LogP contribution < -0.4 is 10.6 Å². The summed E-state index contributed by atoms with van der Waals surface area (Å²) in [5.41, 5.74) is 5.53. The van der Waals surface area contributed by atoms with Crippen LogP contribution in [0.2, 0.25) is 0 Å². The van der Waals surface area contributed by atoms with Crippen LogP contribution in [0.5, 0.6) is 0 Å². The van der Waals surface area contributed by atoms with Crippen LogP contribution in [0.3, 0.4) is 0 Å². The quantitative estimate of drug-likeness (QED) is 0.807. The lowest BCUT2D eigenvalue weighted by molar-refractivity contribution is -0.0268. The molecular formula is C9H10F3N3. The molecule has 1 aliphatic heterocycles. The van der Waals surface area contributed by atoms with Gasteiger partial charge in [0, 0.05) is 18.3 Å². The maximum Gasteiger partial charge on any atom is 0.282 e. The Kier molecular flexibility index (Phi) is 2.30. The molecule has 2 heterocycles. The monoisotopic (exact) mass is 217 g/mol. The number of halogens is 3. The molecule has 0 amide bonds. The van der Waals surface area contributed by atoms with Crippen LogP contribution >= 0.6 is 0 Å². The first-order chi connectivity index (χ1) is 7.03. The predicted molar refractivity (Wildman–Crippen MR) is 49.2 cm³/mol. The highest BCUT2D eigenvalue weighted by Gasteiger charge is 2.45. The zero-order valence-electron chi connectivity index (χ0n) is 7.88. The van der Waals surface area contributed by atoms with Crippen LogP contribution in [0.15, 0.2) is 12.3 Å². The number of anilines is 1. The number of nitrogens with two attached hydrogens (primary N) is 1. The summed E-state index contributed by atoms with van der Waals surface area (Å²) in [5, 5.41) is 0. The van der Waals surface area contributed by atoms with Crippen molar-refractivity contribution in [2.24, 2.45) is 5.73 Å². The van der Waals surface area contributed by atoms with E-state index in [-0.39, 0.29) is 17.9 Å². The van der Waals surface area contributed by atoms with E-state index in [4.69, 9.17) is 5.73 Å². The van der Waals surface area contributed by atoms with E-state index >= 15 is 0 Å². The summed E-state index contributed by atoms with van der Waals surface area (Å²) in [7, 11) is 0. The van der Waals surface area contributed by atoms with E-state index in [9.17, 15) is 13.2 Å². The molecule has 1 saturated heterocycles. The Hall–Kier alpha value is -1.30. The minimum Gasteiger partial charge on any atom is -0.344 e. The lowest BCUT2D eigenvalue weighted by Gasteiger charge is -2.40. The van der Waals surface area contributed by atoms with Gasteiger partial charge in [0.15, 0.2) is 0 Å². The SMILES string of the molecule is NCc1c(F)ccnc1N1CC(F)(F)C1. The lowest BCUT2D eigenvalue weighted by atomic mass is 10.1. The molecule has 0 spiro atoms. The van der Waals surface area contributed by atoms with Gasteiger partial charge >= 0.3 is 0 Å². The Morgan fingerprint density at radius 1 is 1.47 bits per heavy atom. The van der Waals surface area contributed by atoms with Crippen molar-refractivity contribution in [1.29, 1.82) is 0 Å². The summed E-state index contributed by atoms with van der Waals surface area (Å²) >= 11 is 0. The number of pyridine rings is 1. The fourth-order valence-corrected chi connectivity index (χ4v) is 1.58. The molecule has 0 bridgehead atoms. The first kappa shape index (κ1) is 10.2. The van der Waals surface area contributed by atoms with Crippen molar-refractivity contribution in [2.45, 2.75) is 12.5 Å². The van der Waals surface area contributed by atoms with Gasteiger partial charge in [-0.25, -0.2) is 18.2 Å².